The Hall–Kier alpha value is -1.52. The molecule has 0 bridgehead atoms. The number of amides is 2. The third-order valence-corrected chi connectivity index (χ3v) is 2.59. The summed E-state index contributed by atoms with van der Waals surface area (Å²) < 4.78 is 0. The van der Waals surface area contributed by atoms with E-state index in [1.165, 1.54) is 0 Å². The molecule has 0 aliphatic heterocycles. The van der Waals surface area contributed by atoms with E-state index in [2.05, 4.69) is 10.6 Å². The number of carboxylic acids is 1. The van der Waals surface area contributed by atoms with Gasteiger partial charge in [0.15, 0.2) is 0 Å². The summed E-state index contributed by atoms with van der Waals surface area (Å²) in [6, 6.07) is -0.253. The quantitative estimate of drug-likeness (QED) is 0.593. The molecule has 0 fully saturated rings. The van der Waals surface area contributed by atoms with Gasteiger partial charge in [0.25, 0.3) is 0 Å². The lowest BCUT2D eigenvalue weighted by atomic mass is 9.94. The predicted molar refractivity (Wildman–Crippen MR) is 76.0 cm³/mol. The molecule has 0 radical (unpaired) electrons. The van der Waals surface area contributed by atoms with E-state index >= 15 is 0 Å². The van der Waals surface area contributed by atoms with Gasteiger partial charge in [0, 0.05) is 19.5 Å². The monoisotopic (exact) mass is 270 g/mol. The number of carbonyl (C=O) groups is 2. The van der Waals surface area contributed by atoms with Crippen molar-refractivity contribution in [2.75, 3.05) is 13.1 Å². The zero-order valence-electron chi connectivity index (χ0n) is 12.3. The van der Waals surface area contributed by atoms with Gasteiger partial charge in [-0.3, -0.25) is 4.79 Å². The molecule has 3 N–H and O–H groups in total. The number of urea groups is 1. The molecule has 0 aromatic rings. The number of carbonyl (C=O) groups excluding carboxylic acids is 1. The number of carboxylic acid groups (broad SMARTS) is 1. The summed E-state index contributed by atoms with van der Waals surface area (Å²) >= 11 is 0. The van der Waals surface area contributed by atoms with Crippen LogP contribution in [0.5, 0.6) is 0 Å². The van der Waals surface area contributed by atoms with E-state index in [0.29, 0.717) is 19.0 Å². The fourth-order valence-corrected chi connectivity index (χ4v) is 1.80. The Bertz CT molecular complexity index is 321. The normalized spacial score (nSPS) is 11.8. The minimum Gasteiger partial charge on any atom is -0.481 e. The second kappa shape index (κ2) is 9.42. The average molecular weight is 270 g/mol. The Labute approximate surface area is 115 Å². The highest BCUT2D eigenvalue weighted by Gasteiger charge is 2.15. The maximum absolute atomic E-state index is 11.5. The molecule has 5 nitrogen and oxygen atoms in total. The number of hydrogen-bond acceptors (Lipinski definition) is 2. The van der Waals surface area contributed by atoms with Gasteiger partial charge in [-0.15, -0.1) is 0 Å². The van der Waals surface area contributed by atoms with Gasteiger partial charge < -0.3 is 15.7 Å². The molecule has 0 aromatic heterocycles. The van der Waals surface area contributed by atoms with Gasteiger partial charge in [-0.1, -0.05) is 25.5 Å². The zero-order chi connectivity index (χ0) is 14.8. The fourth-order valence-electron chi connectivity index (χ4n) is 1.80. The average Bonchev–Trinajstić information content (AvgIpc) is 2.23. The second-order valence-electron chi connectivity index (χ2n) is 5.47. The van der Waals surface area contributed by atoms with E-state index in [1.54, 1.807) is 0 Å². The molecular formula is C14H26N2O3. The van der Waals surface area contributed by atoms with Gasteiger partial charge >= 0.3 is 12.0 Å². The Morgan fingerprint density at radius 2 is 1.84 bits per heavy atom. The van der Waals surface area contributed by atoms with Gasteiger partial charge in [-0.2, -0.15) is 0 Å². The first-order valence-electron chi connectivity index (χ1n) is 6.68. The molecule has 0 aliphatic carbocycles. The van der Waals surface area contributed by atoms with Crippen molar-refractivity contribution in [3.05, 3.63) is 11.6 Å². The van der Waals surface area contributed by atoms with Crippen LogP contribution in [0.1, 0.15) is 40.5 Å². The van der Waals surface area contributed by atoms with Crippen LogP contribution in [0, 0.1) is 11.8 Å². The van der Waals surface area contributed by atoms with Gasteiger partial charge in [0.1, 0.15) is 0 Å². The van der Waals surface area contributed by atoms with Crippen molar-refractivity contribution < 1.29 is 14.7 Å². The predicted octanol–water partition coefficient (Wildman–Crippen LogP) is 2.39. The first kappa shape index (κ1) is 17.5. The summed E-state index contributed by atoms with van der Waals surface area (Å²) in [5.74, 6) is -0.427. The van der Waals surface area contributed by atoms with E-state index in [4.69, 9.17) is 5.11 Å². The molecule has 19 heavy (non-hydrogen) atoms. The van der Waals surface area contributed by atoms with Crippen molar-refractivity contribution in [2.45, 2.75) is 40.5 Å². The van der Waals surface area contributed by atoms with Gasteiger partial charge in [-0.25, -0.2) is 4.79 Å². The standard InChI is InChI=1S/C14H26N2O3/c1-10(2)5-6-15-14(19)16-9-12(7-11(3)4)8-13(17)18/h5,11-12H,6-9H2,1-4H3,(H,17,18)(H2,15,16,19). The zero-order valence-corrected chi connectivity index (χ0v) is 12.3. The molecule has 1 unspecified atom stereocenters. The summed E-state index contributed by atoms with van der Waals surface area (Å²) in [7, 11) is 0. The Morgan fingerprint density at radius 1 is 1.21 bits per heavy atom. The molecule has 0 heterocycles. The number of hydrogen-bond donors (Lipinski definition) is 3. The Balaban J connectivity index is 4.05. The van der Waals surface area contributed by atoms with Crippen LogP contribution in [0.25, 0.3) is 0 Å². The minimum absolute atomic E-state index is 0.0216. The van der Waals surface area contributed by atoms with E-state index in [1.807, 2.05) is 33.8 Å². The Morgan fingerprint density at radius 3 is 2.32 bits per heavy atom. The smallest absolute Gasteiger partial charge is 0.315 e. The molecule has 2 amide bonds. The summed E-state index contributed by atoms with van der Waals surface area (Å²) in [5, 5.41) is 14.3. The van der Waals surface area contributed by atoms with Crippen molar-refractivity contribution in [1.29, 1.82) is 0 Å². The SMILES string of the molecule is CC(C)=CCNC(=O)NCC(CC(=O)O)CC(C)C. The van der Waals surface area contributed by atoms with Gasteiger partial charge in [-0.05, 0) is 32.1 Å². The van der Waals surface area contributed by atoms with Crippen molar-refractivity contribution in [1.82, 2.24) is 10.6 Å². The molecule has 5 heteroatoms. The van der Waals surface area contributed by atoms with Crippen LogP contribution in [0.3, 0.4) is 0 Å². The van der Waals surface area contributed by atoms with Crippen LogP contribution in [-0.2, 0) is 4.79 Å². The highest BCUT2D eigenvalue weighted by atomic mass is 16.4. The van der Waals surface area contributed by atoms with Crippen LogP contribution < -0.4 is 10.6 Å². The van der Waals surface area contributed by atoms with Gasteiger partial charge in [0.05, 0.1) is 0 Å². The Kier molecular flexibility index (Phi) is 8.66. The fraction of sp³-hybridized carbons (Fsp3) is 0.714. The molecule has 0 rings (SSSR count). The van der Waals surface area contributed by atoms with Crippen molar-refractivity contribution in [2.24, 2.45) is 11.8 Å². The minimum atomic E-state index is -0.822. The highest BCUT2D eigenvalue weighted by Crippen LogP contribution is 2.14. The van der Waals surface area contributed by atoms with E-state index in [0.717, 1.165) is 12.0 Å². The maximum Gasteiger partial charge on any atom is 0.315 e. The summed E-state index contributed by atoms with van der Waals surface area (Å²) in [6.45, 7) is 8.90. The van der Waals surface area contributed by atoms with Crippen LogP contribution in [-0.4, -0.2) is 30.2 Å². The number of rotatable bonds is 8. The third kappa shape index (κ3) is 11.3. The molecule has 0 spiro atoms. The van der Waals surface area contributed by atoms with Crippen LogP contribution in [0.4, 0.5) is 4.79 Å². The number of allylic oxidation sites excluding steroid dienone is 1. The molecule has 0 saturated carbocycles. The van der Waals surface area contributed by atoms with Crippen LogP contribution in [0.15, 0.2) is 11.6 Å². The van der Waals surface area contributed by atoms with E-state index in [9.17, 15) is 9.59 Å². The molecular weight excluding hydrogens is 244 g/mol. The topological polar surface area (TPSA) is 78.4 Å². The summed E-state index contributed by atoms with van der Waals surface area (Å²) in [4.78, 5) is 22.2. The molecule has 110 valence electrons. The number of nitrogens with one attached hydrogen (secondary N) is 2. The van der Waals surface area contributed by atoms with Crippen LogP contribution in [0.2, 0.25) is 0 Å². The maximum atomic E-state index is 11.5. The van der Waals surface area contributed by atoms with Crippen molar-refractivity contribution in [3.8, 4) is 0 Å². The first-order valence-corrected chi connectivity index (χ1v) is 6.68. The van der Waals surface area contributed by atoms with Crippen molar-refractivity contribution >= 4 is 12.0 Å². The molecule has 1 atom stereocenters. The molecule has 0 aliphatic rings. The highest BCUT2D eigenvalue weighted by molar-refractivity contribution is 5.74. The lowest BCUT2D eigenvalue weighted by molar-refractivity contribution is -0.138. The largest absolute Gasteiger partial charge is 0.481 e. The second-order valence-corrected chi connectivity index (χ2v) is 5.47. The van der Waals surface area contributed by atoms with Crippen molar-refractivity contribution in [3.63, 3.8) is 0 Å². The first-order chi connectivity index (χ1) is 8.81. The number of aliphatic carboxylic acids is 1. The summed E-state index contributed by atoms with van der Waals surface area (Å²) in [5.41, 5.74) is 1.14. The lowest BCUT2D eigenvalue weighted by Crippen LogP contribution is -2.39. The van der Waals surface area contributed by atoms with Crippen LogP contribution >= 0.6 is 0 Å². The van der Waals surface area contributed by atoms with E-state index in [-0.39, 0.29) is 18.4 Å². The van der Waals surface area contributed by atoms with E-state index < -0.39 is 5.97 Å². The summed E-state index contributed by atoms with van der Waals surface area (Å²) in [6.07, 6.45) is 2.80. The lowest BCUT2D eigenvalue weighted by Gasteiger charge is -2.17. The molecule has 0 aromatic carbocycles. The third-order valence-electron chi connectivity index (χ3n) is 2.59. The van der Waals surface area contributed by atoms with Gasteiger partial charge in [0.2, 0.25) is 0 Å². The molecule has 0 saturated heterocycles.